The standard InChI is InChI=1S/C14H21N3O.ClH/c18-14(17-13-7-4-9-15-11-13)16-10-8-12-5-2-1-3-6-12;/h1-3,5-6,13,15H,4,7-11H2,(H2,16,17,18);1H. The fourth-order valence-electron chi connectivity index (χ4n) is 2.18. The van der Waals surface area contributed by atoms with E-state index in [2.05, 4.69) is 28.1 Å². The Morgan fingerprint density at radius 2 is 2.11 bits per heavy atom. The van der Waals surface area contributed by atoms with E-state index in [0.717, 1.165) is 32.4 Å². The number of hydrogen-bond acceptors (Lipinski definition) is 2. The molecule has 2 amide bonds. The Morgan fingerprint density at radius 3 is 2.79 bits per heavy atom. The number of benzene rings is 1. The zero-order chi connectivity index (χ0) is 12.6. The largest absolute Gasteiger partial charge is 0.338 e. The van der Waals surface area contributed by atoms with E-state index in [1.807, 2.05) is 18.2 Å². The van der Waals surface area contributed by atoms with Crippen molar-refractivity contribution in [3.05, 3.63) is 35.9 Å². The first-order valence-corrected chi connectivity index (χ1v) is 6.63. The summed E-state index contributed by atoms with van der Waals surface area (Å²) in [6.45, 7) is 2.62. The van der Waals surface area contributed by atoms with Gasteiger partial charge < -0.3 is 16.0 Å². The molecule has 4 nitrogen and oxygen atoms in total. The van der Waals surface area contributed by atoms with Crippen molar-refractivity contribution in [2.75, 3.05) is 19.6 Å². The van der Waals surface area contributed by atoms with Crippen LogP contribution in [0.2, 0.25) is 0 Å². The van der Waals surface area contributed by atoms with Crippen LogP contribution in [-0.2, 0) is 6.42 Å². The molecule has 106 valence electrons. The van der Waals surface area contributed by atoms with Gasteiger partial charge in [-0.1, -0.05) is 30.3 Å². The number of nitrogens with one attached hydrogen (secondary N) is 3. The molecule has 1 aromatic carbocycles. The lowest BCUT2D eigenvalue weighted by molar-refractivity contribution is 0.234. The summed E-state index contributed by atoms with van der Waals surface area (Å²) >= 11 is 0. The molecule has 0 bridgehead atoms. The van der Waals surface area contributed by atoms with Crippen LogP contribution in [0.5, 0.6) is 0 Å². The zero-order valence-corrected chi connectivity index (χ0v) is 11.8. The number of carbonyl (C=O) groups is 1. The van der Waals surface area contributed by atoms with E-state index in [0.29, 0.717) is 6.54 Å². The topological polar surface area (TPSA) is 53.2 Å². The normalized spacial score (nSPS) is 18.2. The van der Waals surface area contributed by atoms with Gasteiger partial charge in [0.25, 0.3) is 0 Å². The highest BCUT2D eigenvalue weighted by atomic mass is 35.5. The number of halogens is 1. The van der Waals surface area contributed by atoms with Crippen molar-refractivity contribution in [1.29, 1.82) is 0 Å². The lowest BCUT2D eigenvalue weighted by atomic mass is 10.1. The number of rotatable bonds is 4. The summed E-state index contributed by atoms with van der Waals surface area (Å²) in [6, 6.07) is 10.4. The van der Waals surface area contributed by atoms with Crippen LogP contribution in [0.3, 0.4) is 0 Å². The Bertz CT molecular complexity index is 366. The van der Waals surface area contributed by atoms with Crippen molar-refractivity contribution in [3.8, 4) is 0 Å². The first kappa shape index (κ1) is 15.8. The van der Waals surface area contributed by atoms with E-state index < -0.39 is 0 Å². The molecule has 1 aliphatic rings. The van der Waals surface area contributed by atoms with Crippen molar-refractivity contribution in [2.45, 2.75) is 25.3 Å². The second-order valence-electron chi connectivity index (χ2n) is 4.68. The van der Waals surface area contributed by atoms with Gasteiger partial charge in [-0.05, 0) is 31.4 Å². The van der Waals surface area contributed by atoms with Gasteiger partial charge in [-0.3, -0.25) is 0 Å². The van der Waals surface area contributed by atoms with Gasteiger partial charge in [0.05, 0.1) is 0 Å². The maximum Gasteiger partial charge on any atom is 0.315 e. The van der Waals surface area contributed by atoms with Gasteiger partial charge in [0.1, 0.15) is 0 Å². The highest BCUT2D eigenvalue weighted by Gasteiger charge is 2.14. The molecule has 3 N–H and O–H groups in total. The Labute approximate surface area is 120 Å². The average Bonchev–Trinajstić information content (AvgIpc) is 2.41. The van der Waals surface area contributed by atoms with Crippen LogP contribution in [0.4, 0.5) is 4.79 Å². The number of piperidine rings is 1. The predicted octanol–water partition coefficient (Wildman–Crippen LogP) is 1.70. The molecular weight excluding hydrogens is 262 g/mol. The fraction of sp³-hybridized carbons (Fsp3) is 0.500. The molecule has 1 unspecified atom stereocenters. The summed E-state index contributed by atoms with van der Waals surface area (Å²) in [6.07, 6.45) is 3.07. The van der Waals surface area contributed by atoms with Crippen LogP contribution in [0, 0.1) is 0 Å². The van der Waals surface area contributed by atoms with Crippen LogP contribution < -0.4 is 16.0 Å². The van der Waals surface area contributed by atoms with Gasteiger partial charge in [0.2, 0.25) is 0 Å². The summed E-state index contributed by atoms with van der Waals surface area (Å²) in [4.78, 5) is 11.7. The Morgan fingerprint density at radius 1 is 1.32 bits per heavy atom. The maximum atomic E-state index is 11.7. The molecular formula is C14H22ClN3O. The first-order chi connectivity index (χ1) is 8.84. The van der Waals surface area contributed by atoms with Crippen molar-refractivity contribution < 1.29 is 4.79 Å². The minimum Gasteiger partial charge on any atom is -0.338 e. The Balaban J connectivity index is 0.00000180. The van der Waals surface area contributed by atoms with Crippen molar-refractivity contribution in [2.24, 2.45) is 0 Å². The van der Waals surface area contributed by atoms with Gasteiger partial charge in [-0.2, -0.15) is 0 Å². The van der Waals surface area contributed by atoms with Crippen molar-refractivity contribution >= 4 is 18.4 Å². The lowest BCUT2D eigenvalue weighted by Gasteiger charge is -2.23. The summed E-state index contributed by atoms with van der Waals surface area (Å²) in [7, 11) is 0. The quantitative estimate of drug-likeness (QED) is 0.788. The van der Waals surface area contributed by atoms with Gasteiger partial charge in [-0.25, -0.2) is 4.79 Å². The second-order valence-corrected chi connectivity index (χ2v) is 4.68. The summed E-state index contributed by atoms with van der Waals surface area (Å²) in [5.74, 6) is 0. The summed E-state index contributed by atoms with van der Waals surface area (Å²) in [5.41, 5.74) is 1.25. The van der Waals surface area contributed by atoms with Crippen LogP contribution in [-0.4, -0.2) is 31.7 Å². The Hall–Kier alpha value is -1.26. The highest BCUT2D eigenvalue weighted by molar-refractivity contribution is 5.85. The summed E-state index contributed by atoms with van der Waals surface area (Å²) < 4.78 is 0. The molecule has 1 aliphatic heterocycles. The van der Waals surface area contributed by atoms with Crippen LogP contribution in [0.15, 0.2) is 30.3 Å². The Kier molecular flexibility index (Phi) is 7.30. The van der Waals surface area contributed by atoms with Crippen molar-refractivity contribution in [3.63, 3.8) is 0 Å². The minimum atomic E-state index is -0.0559. The number of carbonyl (C=O) groups excluding carboxylic acids is 1. The molecule has 0 aliphatic carbocycles. The molecule has 1 fully saturated rings. The fourth-order valence-corrected chi connectivity index (χ4v) is 2.18. The van der Waals surface area contributed by atoms with E-state index in [1.165, 1.54) is 5.56 Å². The van der Waals surface area contributed by atoms with Crippen LogP contribution >= 0.6 is 12.4 Å². The monoisotopic (exact) mass is 283 g/mol. The maximum absolute atomic E-state index is 11.7. The second kappa shape index (κ2) is 8.77. The first-order valence-electron chi connectivity index (χ1n) is 6.63. The molecule has 1 heterocycles. The molecule has 0 saturated carbocycles. The molecule has 19 heavy (non-hydrogen) atoms. The molecule has 1 saturated heterocycles. The van der Waals surface area contributed by atoms with E-state index >= 15 is 0 Å². The van der Waals surface area contributed by atoms with Crippen molar-refractivity contribution in [1.82, 2.24) is 16.0 Å². The summed E-state index contributed by atoms with van der Waals surface area (Å²) in [5, 5.41) is 9.17. The van der Waals surface area contributed by atoms with Crippen LogP contribution in [0.1, 0.15) is 18.4 Å². The number of urea groups is 1. The molecule has 0 spiro atoms. The molecule has 5 heteroatoms. The smallest absolute Gasteiger partial charge is 0.315 e. The van der Waals surface area contributed by atoms with Gasteiger partial charge in [0, 0.05) is 19.1 Å². The number of hydrogen-bond donors (Lipinski definition) is 3. The van der Waals surface area contributed by atoms with E-state index in [-0.39, 0.29) is 24.5 Å². The van der Waals surface area contributed by atoms with Gasteiger partial charge in [-0.15, -0.1) is 12.4 Å². The predicted molar refractivity (Wildman–Crippen MR) is 79.8 cm³/mol. The van der Waals surface area contributed by atoms with E-state index in [1.54, 1.807) is 0 Å². The van der Waals surface area contributed by atoms with Gasteiger partial charge in [0.15, 0.2) is 0 Å². The third-order valence-electron chi connectivity index (χ3n) is 3.17. The molecule has 0 radical (unpaired) electrons. The third kappa shape index (κ3) is 5.94. The third-order valence-corrected chi connectivity index (χ3v) is 3.17. The van der Waals surface area contributed by atoms with Gasteiger partial charge >= 0.3 is 6.03 Å². The molecule has 1 atom stereocenters. The zero-order valence-electron chi connectivity index (χ0n) is 11.0. The average molecular weight is 284 g/mol. The van der Waals surface area contributed by atoms with E-state index in [4.69, 9.17) is 0 Å². The molecule has 0 aromatic heterocycles. The molecule has 1 aromatic rings. The molecule has 2 rings (SSSR count). The van der Waals surface area contributed by atoms with Crippen LogP contribution in [0.25, 0.3) is 0 Å². The lowest BCUT2D eigenvalue weighted by Crippen LogP contribution is -2.49. The highest BCUT2D eigenvalue weighted by Crippen LogP contribution is 2.01. The minimum absolute atomic E-state index is 0. The SMILES string of the molecule is Cl.O=C(NCCc1ccccc1)NC1CCCNC1. The van der Waals surface area contributed by atoms with E-state index in [9.17, 15) is 4.79 Å². The number of amides is 2.